The van der Waals surface area contributed by atoms with E-state index in [1.165, 1.54) is 26.2 Å². The lowest BCUT2D eigenvalue weighted by Gasteiger charge is -2.58. The van der Waals surface area contributed by atoms with E-state index in [2.05, 4.69) is 26.8 Å². The highest BCUT2D eigenvalue weighted by molar-refractivity contribution is 5.66. The van der Waals surface area contributed by atoms with Gasteiger partial charge >= 0.3 is 5.97 Å². The van der Waals surface area contributed by atoms with Gasteiger partial charge in [-0.1, -0.05) is 32.4 Å². The molecule has 190 valence electrons. The van der Waals surface area contributed by atoms with Crippen molar-refractivity contribution in [1.29, 1.82) is 0 Å². The van der Waals surface area contributed by atoms with E-state index in [0.29, 0.717) is 29.8 Å². The van der Waals surface area contributed by atoms with Crippen molar-refractivity contribution in [3.05, 3.63) is 11.6 Å². The minimum atomic E-state index is -0.730. The van der Waals surface area contributed by atoms with E-state index in [1.807, 2.05) is 6.92 Å². The quantitative estimate of drug-likeness (QED) is 0.409. The van der Waals surface area contributed by atoms with Crippen LogP contribution in [-0.4, -0.2) is 41.3 Å². The highest BCUT2D eigenvalue weighted by Gasteiger charge is 2.69. The van der Waals surface area contributed by atoms with Crippen LogP contribution in [-0.2, 0) is 19.0 Å². The van der Waals surface area contributed by atoms with Crippen molar-refractivity contribution in [3.8, 4) is 0 Å². The normalized spacial score (nSPS) is 56.2. The molecule has 1 spiro atoms. The number of allylic oxidation sites excluding steroid dienone is 1. The van der Waals surface area contributed by atoms with Gasteiger partial charge in [0.2, 0.25) is 0 Å². The number of hydrogen-bond donors (Lipinski definition) is 1. The molecule has 2 aliphatic heterocycles. The van der Waals surface area contributed by atoms with Crippen molar-refractivity contribution >= 4 is 5.97 Å². The molecule has 2 saturated heterocycles. The minimum absolute atomic E-state index is 0.0646. The van der Waals surface area contributed by atoms with Gasteiger partial charge in [-0.3, -0.25) is 4.79 Å². The first-order chi connectivity index (χ1) is 16.0. The summed E-state index contributed by atoms with van der Waals surface area (Å²) in [6.45, 7) is 11.2. The smallest absolute Gasteiger partial charge is 0.302 e. The lowest BCUT2D eigenvalue weighted by Crippen LogP contribution is -2.54. The maximum atomic E-state index is 11.5. The summed E-state index contributed by atoms with van der Waals surface area (Å²) in [5.41, 5.74) is 1.38. The fourth-order valence-electron chi connectivity index (χ4n) is 9.96. The van der Waals surface area contributed by atoms with Gasteiger partial charge in [0.25, 0.3) is 0 Å². The monoisotopic (exact) mass is 472 g/mol. The standard InChI is InChI=1S/C29H44O5/c1-17-25-24(34-29(17)13-12-26(3,31)16-32-29)15-23-21-7-6-19-14-20(33-18(2)30)8-10-27(19,4)22(21)9-11-28(23,25)5/h6,17,20-25,31H,7-16H2,1-5H3. The highest BCUT2D eigenvalue weighted by Crippen LogP contribution is 2.70. The van der Waals surface area contributed by atoms with Gasteiger partial charge in [-0.25, -0.2) is 0 Å². The van der Waals surface area contributed by atoms with Gasteiger partial charge in [-0.2, -0.15) is 0 Å². The molecule has 34 heavy (non-hydrogen) atoms. The molecule has 6 rings (SSSR count). The first-order valence-electron chi connectivity index (χ1n) is 13.9. The second-order valence-electron chi connectivity index (χ2n) is 13.6. The van der Waals surface area contributed by atoms with E-state index in [0.717, 1.165) is 50.4 Å². The molecule has 5 heteroatoms. The number of hydrogen-bond acceptors (Lipinski definition) is 5. The van der Waals surface area contributed by atoms with Crippen molar-refractivity contribution < 1.29 is 24.1 Å². The zero-order valence-electron chi connectivity index (χ0n) is 21.8. The van der Waals surface area contributed by atoms with Crippen molar-refractivity contribution in [2.75, 3.05) is 6.61 Å². The first-order valence-corrected chi connectivity index (χ1v) is 13.9. The summed E-state index contributed by atoms with van der Waals surface area (Å²) < 4.78 is 18.8. The highest BCUT2D eigenvalue weighted by atomic mass is 16.7. The van der Waals surface area contributed by atoms with Crippen molar-refractivity contribution in [2.45, 2.75) is 116 Å². The summed E-state index contributed by atoms with van der Waals surface area (Å²) in [5.74, 6) is 2.42. The molecule has 1 N–H and O–H groups in total. The van der Waals surface area contributed by atoms with Crippen LogP contribution in [0.3, 0.4) is 0 Å². The van der Waals surface area contributed by atoms with Gasteiger partial charge < -0.3 is 19.3 Å². The second kappa shape index (κ2) is 7.55. The molecular weight excluding hydrogens is 428 g/mol. The Kier molecular flexibility index (Phi) is 5.22. The first kappa shape index (κ1) is 23.5. The number of ether oxygens (including phenoxy) is 3. The Hall–Kier alpha value is -0.910. The Morgan fingerprint density at radius 2 is 1.91 bits per heavy atom. The maximum Gasteiger partial charge on any atom is 0.302 e. The summed E-state index contributed by atoms with van der Waals surface area (Å²) in [6, 6.07) is 0. The fourth-order valence-corrected chi connectivity index (χ4v) is 9.96. The van der Waals surface area contributed by atoms with Crippen LogP contribution in [0.4, 0.5) is 0 Å². The van der Waals surface area contributed by atoms with Crippen LogP contribution in [0, 0.1) is 40.4 Å². The topological polar surface area (TPSA) is 65.0 Å². The molecule has 6 aliphatic rings. The van der Waals surface area contributed by atoms with Crippen LogP contribution in [0.5, 0.6) is 0 Å². The average molecular weight is 473 g/mol. The van der Waals surface area contributed by atoms with Crippen molar-refractivity contribution in [2.24, 2.45) is 40.4 Å². The molecule has 0 radical (unpaired) electrons. The molecule has 4 aliphatic carbocycles. The van der Waals surface area contributed by atoms with Crippen LogP contribution < -0.4 is 0 Å². The summed E-state index contributed by atoms with van der Waals surface area (Å²) in [6.07, 6.45) is 12.4. The molecule has 0 aromatic rings. The summed E-state index contributed by atoms with van der Waals surface area (Å²) in [4.78, 5) is 11.5. The van der Waals surface area contributed by atoms with E-state index in [4.69, 9.17) is 14.2 Å². The number of esters is 1. The molecule has 0 bridgehead atoms. The number of carbonyl (C=O) groups excluding carboxylic acids is 1. The Balaban J connectivity index is 1.23. The number of carbonyl (C=O) groups is 1. The predicted molar refractivity (Wildman–Crippen MR) is 129 cm³/mol. The van der Waals surface area contributed by atoms with E-state index in [-0.39, 0.29) is 23.6 Å². The van der Waals surface area contributed by atoms with Gasteiger partial charge in [0.1, 0.15) is 6.10 Å². The van der Waals surface area contributed by atoms with E-state index < -0.39 is 11.4 Å². The summed E-state index contributed by atoms with van der Waals surface area (Å²) in [5, 5.41) is 10.4. The van der Waals surface area contributed by atoms with Crippen LogP contribution >= 0.6 is 0 Å². The minimum Gasteiger partial charge on any atom is -0.462 e. The number of aliphatic hydroxyl groups is 1. The van der Waals surface area contributed by atoms with E-state index in [1.54, 1.807) is 5.57 Å². The van der Waals surface area contributed by atoms with Gasteiger partial charge in [0, 0.05) is 25.7 Å². The average Bonchev–Trinajstić information content (AvgIpc) is 3.21. The van der Waals surface area contributed by atoms with E-state index in [9.17, 15) is 9.90 Å². The third-order valence-corrected chi connectivity index (χ3v) is 11.7. The van der Waals surface area contributed by atoms with E-state index >= 15 is 0 Å². The largest absolute Gasteiger partial charge is 0.462 e. The van der Waals surface area contributed by atoms with Crippen molar-refractivity contribution in [1.82, 2.24) is 0 Å². The van der Waals surface area contributed by atoms with Gasteiger partial charge in [0.15, 0.2) is 5.79 Å². The van der Waals surface area contributed by atoms with Crippen LogP contribution in [0.1, 0.15) is 92.4 Å². The van der Waals surface area contributed by atoms with Gasteiger partial charge in [-0.05, 0) is 86.4 Å². The van der Waals surface area contributed by atoms with Crippen molar-refractivity contribution in [3.63, 3.8) is 0 Å². The molecule has 2 heterocycles. The zero-order chi connectivity index (χ0) is 24.1. The summed E-state index contributed by atoms with van der Waals surface area (Å²) >= 11 is 0. The predicted octanol–water partition coefficient (Wildman–Crippen LogP) is 5.40. The molecule has 3 saturated carbocycles. The maximum absolute atomic E-state index is 11.5. The lowest BCUT2D eigenvalue weighted by molar-refractivity contribution is -0.293. The third kappa shape index (κ3) is 3.25. The Morgan fingerprint density at radius 1 is 1.12 bits per heavy atom. The SMILES string of the molecule is CC(=O)OC1CCC2(C)C(=CCC3C2CCC2(C)C3CC3OC4(CCC(C)(O)CO4)C(C)C32)C1. The molecule has 5 fully saturated rings. The fraction of sp³-hybridized carbons (Fsp3) is 0.897. The zero-order valence-corrected chi connectivity index (χ0v) is 21.8. The number of rotatable bonds is 1. The molecule has 0 aromatic carbocycles. The Bertz CT molecular complexity index is 883. The molecular formula is C29H44O5. The van der Waals surface area contributed by atoms with Gasteiger partial charge in [-0.15, -0.1) is 0 Å². The Labute approximate surface area is 205 Å². The number of fused-ring (bicyclic) bond motifs is 7. The van der Waals surface area contributed by atoms with Gasteiger partial charge in [0.05, 0.1) is 18.3 Å². The molecule has 0 amide bonds. The van der Waals surface area contributed by atoms with Crippen LogP contribution in [0.2, 0.25) is 0 Å². The third-order valence-electron chi connectivity index (χ3n) is 11.7. The molecule has 0 aromatic heterocycles. The molecule has 5 nitrogen and oxygen atoms in total. The second-order valence-corrected chi connectivity index (χ2v) is 13.6. The van der Waals surface area contributed by atoms with Crippen LogP contribution in [0.15, 0.2) is 11.6 Å². The summed E-state index contributed by atoms with van der Waals surface area (Å²) in [7, 11) is 0. The molecule has 11 unspecified atom stereocenters. The Morgan fingerprint density at radius 3 is 2.62 bits per heavy atom. The molecule has 11 atom stereocenters. The van der Waals surface area contributed by atoms with Crippen LogP contribution in [0.25, 0.3) is 0 Å². The lowest BCUT2D eigenvalue weighted by atomic mass is 9.47.